The maximum Gasteiger partial charge on any atom is 0.307 e. The van der Waals surface area contributed by atoms with Crippen LogP contribution < -0.4 is 0 Å². The number of nitrogens with zero attached hydrogens (tertiary/aromatic N) is 1. The molecule has 2 fully saturated rings. The minimum Gasteiger partial charge on any atom is -0.481 e. The van der Waals surface area contributed by atoms with Crippen molar-refractivity contribution in [2.75, 3.05) is 6.54 Å². The SMILES string of the molecule is CC1CC(c2ccccc2)CN1C(=O)C1CC1C(=O)O. The molecule has 1 aromatic rings. The number of carbonyl (C=O) groups excluding carboxylic acids is 1. The van der Waals surface area contributed by atoms with Gasteiger partial charge in [-0.15, -0.1) is 0 Å². The first-order valence-electron chi connectivity index (χ1n) is 7.16. The second-order valence-corrected chi connectivity index (χ2v) is 5.97. The Kier molecular flexibility index (Phi) is 3.24. The van der Waals surface area contributed by atoms with Gasteiger partial charge in [-0.3, -0.25) is 9.59 Å². The van der Waals surface area contributed by atoms with Crippen molar-refractivity contribution in [1.82, 2.24) is 4.90 Å². The monoisotopic (exact) mass is 273 g/mol. The maximum atomic E-state index is 12.4. The van der Waals surface area contributed by atoms with E-state index in [9.17, 15) is 9.59 Å². The molecule has 1 aliphatic heterocycles. The molecule has 2 aliphatic rings. The second-order valence-electron chi connectivity index (χ2n) is 5.97. The highest BCUT2D eigenvalue weighted by Gasteiger charge is 2.51. The lowest BCUT2D eigenvalue weighted by Crippen LogP contribution is -2.35. The molecule has 1 amide bonds. The van der Waals surface area contributed by atoms with Gasteiger partial charge in [0.1, 0.15) is 0 Å². The summed E-state index contributed by atoms with van der Waals surface area (Å²) >= 11 is 0. The third-order valence-electron chi connectivity index (χ3n) is 4.55. The van der Waals surface area contributed by atoms with E-state index in [2.05, 4.69) is 19.1 Å². The Morgan fingerprint density at radius 3 is 2.45 bits per heavy atom. The van der Waals surface area contributed by atoms with Gasteiger partial charge in [0.2, 0.25) is 5.91 Å². The standard InChI is InChI=1S/C16H19NO3/c1-10-7-12(11-5-3-2-4-6-11)9-17(10)15(18)13-8-14(13)16(19)20/h2-6,10,12-14H,7-9H2,1H3,(H,19,20). The van der Waals surface area contributed by atoms with Crippen LogP contribution in [0, 0.1) is 11.8 Å². The summed E-state index contributed by atoms with van der Waals surface area (Å²) < 4.78 is 0. The zero-order chi connectivity index (χ0) is 14.3. The molecule has 0 bridgehead atoms. The van der Waals surface area contributed by atoms with E-state index in [-0.39, 0.29) is 17.9 Å². The Labute approximate surface area is 118 Å². The fourth-order valence-electron chi connectivity index (χ4n) is 3.26. The first-order valence-corrected chi connectivity index (χ1v) is 7.16. The second kappa shape index (κ2) is 4.93. The minimum atomic E-state index is -0.838. The molecule has 4 unspecified atom stereocenters. The average molecular weight is 273 g/mol. The Balaban J connectivity index is 1.67. The van der Waals surface area contributed by atoms with Gasteiger partial charge < -0.3 is 10.0 Å². The Morgan fingerprint density at radius 2 is 1.85 bits per heavy atom. The smallest absolute Gasteiger partial charge is 0.307 e. The number of hydrogen-bond donors (Lipinski definition) is 1. The number of hydrogen-bond acceptors (Lipinski definition) is 2. The van der Waals surface area contributed by atoms with Crippen LogP contribution in [-0.4, -0.2) is 34.5 Å². The van der Waals surface area contributed by atoms with Crippen molar-refractivity contribution < 1.29 is 14.7 Å². The van der Waals surface area contributed by atoms with Gasteiger partial charge in [0, 0.05) is 18.5 Å². The van der Waals surface area contributed by atoms with Gasteiger partial charge in [-0.05, 0) is 25.3 Å². The molecular weight excluding hydrogens is 254 g/mol. The van der Waals surface area contributed by atoms with E-state index < -0.39 is 11.9 Å². The van der Waals surface area contributed by atoms with Crippen LogP contribution in [0.25, 0.3) is 0 Å². The summed E-state index contributed by atoms with van der Waals surface area (Å²) in [4.78, 5) is 25.1. The van der Waals surface area contributed by atoms with Crippen molar-refractivity contribution in [3.05, 3.63) is 35.9 Å². The quantitative estimate of drug-likeness (QED) is 0.917. The van der Waals surface area contributed by atoms with Crippen molar-refractivity contribution in [3.63, 3.8) is 0 Å². The van der Waals surface area contributed by atoms with E-state index in [1.54, 1.807) is 0 Å². The maximum absolute atomic E-state index is 12.4. The summed E-state index contributed by atoms with van der Waals surface area (Å²) in [5.74, 6) is -1.18. The summed E-state index contributed by atoms with van der Waals surface area (Å²) in [5, 5.41) is 8.94. The summed E-state index contributed by atoms with van der Waals surface area (Å²) in [6.07, 6.45) is 1.47. The summed E-state index contributed by atoms with van der Waals surface area (Å²) in [5.41, 5.74) is 1.26. The van der Waals surface area contributed by atoms with Crippen LogP contribution in [0.4, 0.5) is 0 Å². The molecule has 1 saturated carbocycles. The first-order chi connectivity index (χ1) is 9.58. The highest BCUT2D eigenvalue weighted by Crippen LogP contribution is 2.42. The van der Waals surface area contributed by atoms with E-state index in [0.29, 0.717) is 18.9 Å². The van der Waals surface area contributed by atoms with Gasteiger partial charge in [-0.25, -0.2) is 0 Å². The number of amides is 1. The molecule has 1 N–H and O–H groups in total. The van der Waals surface area contributed by atoms with Crippen molar-refractivity contribution >= 4 is 11.9 Å². The number of carbonyl (C=O) groups is 2. The van der Waals surface area contributed by atoms with Gasteiger partial charge in [-0.2, -0.15) is 0 Å². The Hall–Kier alpha value is -1.84. The van der Waals surface area contributed by atoms with Crippen LogP contribution in [-0.2, 0) is 9.59 Å². The van der Waals surface area contributed by atoms with Crippen LogP contribution >= 0.6 is 0 Å². The molecule has 3 rings (SSSR count). The van der Waals surface area contributed by atoms with Gasteiger partial charge in [0.05, 0.1) is 11.8 Å². The number of benzene rings is 1. The van der Waals surface area contributed by atoms with Crippen LogP contribution in [0.1, 0.15) is 31.2 Å². The molecule has 1 heterocycles. The van der Waals surface area contributed by atoms with Crippen molar-refractivity contribution in [3.8, 4) is 0 Å². The van der Waals surface area contributed by atoms with Gasteiger partial charge in [0.15, 0.2) is 0 Å². The molecule has 4 atom stereocenters. The average Bonchev–Trinajstić information content (AvgIpc) is 3.16. The number of rotatable bonds is 3. The fourth-order valence-corrected chi connectivity index (χ4v) is 3.26. The summed E-state index contributed by atoms with van der Waals surface area (Å²) in [6, 6.07) is 10.4. The zero-order valence-corrected chi connectivity index (χ0v) is 11.5. The van der Waals surface area contributed by atoms with Crippen LogP contribution in [0.15, 0.2) is 30.3 Å². The van der Waals surface area contributed by atoms with E-state index in [1.165, 1.54) is 5.56 Å². The number of likely N-dealkylation sites (tertiary alicyclic amines) is 1. The van der Waals surface area contributed by atoms with Crippen molar-refractivity contribution in [1.29, 1.82) is 0 Å². The normalized spacial score (nSPS) is 32.1. The first kappa shape index (κ1) is 13.2. The topological polar surface area (TPSA) is 57.6 Å². The molecule has 4 nitrogen and oxygen atoms in total. The van der Waals surface area contributed by atoms with Gasteiger partial charge in [0.25, 0.3) is 0 Å². The van der Waals surface area contributed by atoms with Gasteiger partial charge in [-0.1, -0.05) is 30.3 Å². The lowest BCUT2D eigenvalue weighted by Gasteiger charge is -2.21. The van der Waals surface area contributed by atoms with E-state index in [4.69, 9.17) is 5.11 Å². The van der Waals surface area contributed by atoms with E-state index in [0.717, 1.165) is 6.42 Å². The fraction of sp³-hybridized carbons (Fsp3) is 0.500. The molecule has 4 heteroatoms. The molecule has 106 valence electrons. The summed E-state index contributed by atoms with van der Waals surface area (Å²) in [6.45, 7) is 2.77. The van der Waals surface area contributed by atoms with Crippen molar-refractivity contribution in [2.45, 2.75) is 31.7 Å². The highest BCUT2D eigenvalue weighted by atomic mass is 16.4. The number of carboxylic acids is 1. The third kappa shape index (κ3) is 2.30. The van der Waals surface area contributed by atoms with E-state index >= 15 is 0 Å². The molecule has 0 spiro atoms. The van der Waals surface area contributed by atoms with E-state index in [1.807, 2.05) is 23.1 Å². The number of carboxylic acid groups (broad SMARTS) is 1. The largest absolute Gasteiger partial charge is 0.481 e. The highest BCUT2D eigenvalue weighted by molar-refractivity contribution is 5.89. The van der Waals surface area contributed by atoms with Crippen LogP contribution in [0.3, 0.4) is 0 Å². The molecule has 1 aromatic carbocycles. The van der Waals surface area contributed by atoms with Crippen LogP contribution in [0.2, 0.25) is 0 Å². The predicted molar refractivity (Wildman–Crippen MR) is 74.2 cm³/mol. The van der Waals surface area contributed by atoms with Crippen LogP contribution in [0.5, 0.6) is 0 Å². The van der Waals surface area contributed by atoms with Crippen molar-refractivity contribution in [2.24, 2.45) is 11.8 Å². The minimum absolute atomic E-state index is 0.0309. The Bertz CT molecular complexity index is 528. The molecular formula is C16H19NO3. The molecule has 1 aliphatic carbocycles. The third-order valence-corrected chi connectivity index (χ3v) is 4.55. The number of aliphatic carboxylic acids is 1. The Morgan fingerprint density at radius 1 is 1.15 bits per heavy atom. The molecule has 1 saturated heterocycles. The molecule has 0 radical (unpaired) electrons. The zero-order valence-electron chi connectivity index (χ0n) is 11.5. The lowest BCUT2D eigenvalue weighted by molar-refractivity contribution is -0.142. The van der Waals surface area contributed by atoms with Gasteiger partial charge >= 0.3 is 5.97 Å². The molecule has 20 heavy (non-hydrogen) atoms. The summed E-state index contributed by atoms with van der Waals surface area (Å²) in [7, 11) is 0. The lowest BCUT2D eigenvalue weighted by atomic mass is 9.97. The predicted octanol–water partition coefficient (Wildman–Crippen LogP) is 2.11. The molecule has 0 aromatic heterocycles.